The van der Waals surface area contributed by atoms with Gasteiger partial charge in [-0.2, -0.15) is 0 Å². The van der Waals surface area contributed by atoms with Gasteiger partial charge in [0.05, 0.1) is 0 Å². The van der Waals surface area contributed by atoms with Gasteiger partial charge in [0.2, 0.25) is 0 Å². The standard InChI is InChI=1S/C12H18N2S/c1-8(2)14(4)11-6-5-9(3)7-10(11)12(13)15/h5-8H,1-4H3,(H2,13,15). The zero-order valence-corrected chi connectivity index (χ0v) is 10.6. The number of nitrogens with zero attached hydrogens (tertiary/aromatic N) is 1. The SMILES string of the molecule is Cc1ccc(N(C)C(C)C)c(C(N)=S)c1. The Morgan fingerprint density at radius 3 is 2.47 bits per heavy atom. The summed E-state index contributed by atoms with van der Waals surface area (Å²) in [4.78, 5) is 2.63. The molecular formula is C12H18N2S. The van der Waals surface area contributed by atoms with E-state index in [-0.39, 0.29) is 0 Å². The molecule has 2 N–H and O–H groups in total. The molecule has 0 amide bonds. The van der Waals surface area contributed by atoms with Crippen LogP contribution in [0.3, 0.4) is 0 Å². The van der Waals surface area contributed by atoms with Crippen LogP contribution in [0.15, 0.2) is 18.2 Å². The molecule has 0 heterocycles. The van der Waals surface area contributed by atoms with E-state index in [2.05, 4.69) is 37.9 Å². The van der Waals surface area contributed by atoms with Crippen molar-refractivity contribution in [3.8, 4) is 0 Å². The van der Waals surface area contributed by atoms with Crippen LogP contribution in [0.1, 0.15) is 25.0 Å². The first-order valence-electron chi connectivity index (χ1n) is 5.06. The van der Waals surface area contributed by atoms with Crippen LogP contribution in [-0.2, 0) is 0 Å². The monoisotopic (exact) mass is 222 g/mol. The minimum absolute atomic E-state index is 0.431. The fourth-order valence-electron chi connectivity index (χ4n) is 1.43. The highest BCUT2D eigenvalue weighted by Gasteiger charge is 2.11. The minimum Gasteiger partial charge on any atom is -0.389 e. The predicted molar refractivity (Wildman–Crippen MR) is 70.6 cm³/mol. The molecule has 1 rings (SSSR count). The molecule has 1 aromatic rings. The van der Waals surface area contributed by atoms with E-state index in [4.69, 9.17) is 18.0 Å². The van der Waals surface area contributed by atoms with E-state index in [9.17, 15) is 0 Å². The van der Waals surface area contributed by atoms with Crippen molar-refractivity contribution < 1.29 is 0 Å². The summed E-state index contributed by atoms with van der Waals surface area (Å²) in [6.07, 6.45) is 0. The zero-order chi connectivity index (χ0) is 11.6. The van der Waals surface area contributed by atoms with Gasteiger partial charge in [-0.25, -0.2) is 0 Å². The summed E-state index contributed by atoms with van der Waals surface area (Å²) in [7, 11) is 2.05. The molecule has 3 heteroatoms. The topological polar surface area (TPSA) is 29.3 Å². The number of benzene rings is 1. The van der Waals surface area contributed by atoms with Gasteiger partial charge in [-0.3, -0.25) is 0 Å². The molecule has 0 aliphatic rings. The Morgan fingerprint density at radius 2 is 2.00 bits per heavy atom. The van der Waals surface area contributed by atoms with Crippen molar-refractivity contribution in [3.63, 3.8) is 0 Å². The Labute approximate surface area is 97.1 Å². The predicted octanol–water partition coefficient (Wildman–Crippen LogP) is 2.47. The van der Waals surface area contributed by atoms with Gasteiger partial charge >= 0.3 is 0 Å². The van der Waals surface area contributed by atoms with E-state index < -0.39 is 0 Å². The maximum atomic E-state index is 5.73. The zero-order valence-electron chi connectivity index (χ0n) is 9.74. The molecule has 15 heavy (non-hydrogen) atoms. The average molecular weight is 222 g/mol. The summed E-state index contributed by atoms with van der Waals surface area (Å²) in [6.45, 7) is 6.33. The van der Waals surface area contributed by atoms with Gasteiger partial charge in [0.1, 0.15) is 4.99 Å². The maximum Gasteiger partial charge on any atom is 0.106 e. The van der Waals surface area contributed by atoms with Crippen molar-refractivity contribution in [3.05, 3.63) is 29.3 Å². The van der Waals surface area contributed by atoms with Gasteiger partial charge in [0.25, 0.3) is 0 Å². The summed E-state index contributed by atoms with van der Waals surface area (Å²) in [5.74, 6) is 0. The minimum atomic E-state index is 0.431. The second-order valence-corrected chi connectivity index (χ2v) is 4.53. The van der Waals surface area contributed by atoms with Crippen LogP contribution < -0.4 is 10.6 Å². The second-order valence-electron chi connectivity index (χ2n) is 4.09. The lowest BCUT2D eigenvalue weighted by atomic mass is 10.1. The summed E-state index contributed by atoms with van der Waals surface area (Å²) >= 11 is 5.07. The van der Waals surface area contributed by atoms with Crippen LogP contribution in [0.2, 0.25) is 0 Å². The van der Waals surface area contributed by atoms with E-state index in [1.165, 1.54) is 5.56 Å². The van der Waals surface area contributed by atoms with E-state index in [0.717, 1.165) is 11.3 Å². The lowest BCUT2D eigenvalue weighted by Gasteiger charge is -2.26. The van der Waals surface area contributed by atoms with E-state index >= 15 is 0 Å². The van der Waals surface area contributed by atoms with Gasteiger partial charge in [-0.05, 0) is 32.9 Å². The number of aryl methyl sites for hydroxylation is 1. The number of rotatable bonds is 3. The van der Waals surface area contributed by atoms with Gasteiger partial charge in [-0.15, -0.1) is 0 Å². The average Bonchev–Trinajstić information content (AvgIpc) is 2.16. The molecule has 0 radical (unpaired) electrons. The number of thiocarbonyl (C=S) groups is 1. The molecule has 0 saturated heterocycles. The highest BCUT2D eigenvalue weighted by molar-refractivity contribution is 7.80. The van der Waals surface area contributed by atoms with Crippen molar-refractivity contribution in [1.29, 1.82) is 0 Å². The van der Waals surface area contributed by atoms with Crippen LogP contribution in [0, 0.1) is 6.92 Å². The fraction of sp³-hybridized carbons (Fsp3) is 0.417. The number of anilines is 1. The third-order valence-corrected chi connectivity index (χ3v) is 2.79. The maximum absolute atomic E-state index is 5.73. The Bertz CT molecular complexity index is 372. The van der Waals surface area contributed by atoms with Crippen molar-refractivity contribution in [1.82, 2.24) is 0 Å². The van der Waals surface area contributed by atoms with Gasteiger partial charge in [0, 0.05) is 24.3 Å². The summed E-state index contributed by atoms with van der Waals surface area (Å²) in [6, 6.07) is 6.62. The smallest absolute Gasteiger partial charge is 0.106 e. The fourth-order valence-corrected chi connectivity index (χ4v) is 1.60. The molecule has 0 aliphatic heterocycles. The first kappa shape index (κ1) is 12.0. The Balaban J connectivity index is 3.22. The second kappa shape index (κ2) is 4.62. The summed E-state index contributed by atoms with van der Waals surface area (Å²) in [5.41, 5.74) is 8.97. The van der Waals surface area contributed by atoms with E-state index in [1.807, 2.05) is 13.0 Å². The van der Waals surface area contributed by atoms with Crippen LogP contribution in [-0.4, -0.2) is 18.1 Å². The van der Waals surface area contributed by atoms with Crippen molar-refractivity contribution >= 4 is 22.9 Å². The summed E-state index contributed by atoms with van der Waals surface area (Å²) in [5, 5.41) is 0. The lowest BCUT2D eigenvalue weighted by molar-refractivity contribution is 0.754. The largest absolute Gasteiger partial charge is 0.389 e. The summed E-state index contributed by atoms with van der Waals surface area (Å²) < 4.78 is 0. The molecular weight excluding hydrogens is 204 g/mol. The third kappa shape index (κ3) is 2.69. The van der Waals surface area contributed by atoms with Gasteiger partial charge in [0.15, 0.2) is 0 Å². The van der Waals surface area contributed by atoms with Crippen molar-refractivity contribution in [2.24, 2.45) is 5.73 Å². The number of hydrogen-bond donors (Lipinski definition) is 1. The molecule has 0 saturated carbocycles. The Morgan fingerprint density at radius 1 is 1.40 bits per heavy atom. The molecule has 0 fully saturated rings. The van der Waals surface area contributed by atoms with Gasteiger partial charge < -0.3 is 10.6 Å². The lowest BCUT2D eigenvalue weighted by Crippen LogP contribution is -2.28. The van der Waals surface area contributed by atoms with Crippen molar-refractivity contribution in [2.75, 3.05) is 11.9 Å². The third-order valence-electron chi connectivity index (χ3n) is 2.57. The van der Waals surface area contributed by atoms with Gasteiger partial charge in [-0.1, -0.05) is 23.8 Å². The number of hydrogen-bond acceptors (Lipinski definition) is 2. The molecule has 0 aromatic heterocycles. The number of nitrogens with two attached hydrogens (primary N) is 1. The Hall–Kier alpha value is -1.09. The van der Waals surface area contributed by atoms with E-state index in [0.29, 0.717) is 11.0 Å². The molecule has 0 bridgehead atoms. The molecule has 0 unspecified atom stereocenters. The normalized spacial score (nSPS) is 10.5. The first-order valence-corrected chi connectivity index (χ1v) is 5.47. The van der Waals surface area contributed by atoms with Crippen LogP contribution in [0.5, 0.6) is 0 Å². The molecule has 0 atom stereocenters. The molecule has 82 valence electrons. The van der Waals surface area contributed by atoms with Crippen LogP contribution >= 0.6 is 12.2 Å². The first-order chi connectivity index (χ1) is 6.93. The van der Waals surface area contributed by atoms with Crippen LogP contribution in [0.25, 0.3) is 0 Å². The quantitative estimate of drug-likeness (QED) is 0.797. The van der Waals surface area contributed by atoms with Crippen LogP contribution in [0.4, 0.5) is 5.69 Å². The van der Waals surface area contributed by atoms with E-state index in [1.54, 1.807) is 0 Å². The molecule has 2 nitrogen and oxygen atoms in total. The van der Waals surface area contributed by atoms with Crippen molar-refractivity contribution in [2.45, 2.75) is 26.8 Å². The molecule has 1 aromatic carbocycles. The highest BCUT2D eigenvalue weighted by atomic mass is 32.1. The Kier molecular flexibility index (Phi) is 3.69. The molecule has 0 spiro atoms. The highest BCUT2D eigenvalue weighted by Crippen LogP contribution is 2.22. The molecule has 0 aliphatic carbocycles.